The summed E-state index contributed by atoms with van der Waals surface area (Å²) in [5.41, 5.74) is 0. The van der Waals surface area contributed by atoms with Gasteiger partial charge in [-0.1, -0.05) is 12.2 Å². The van der Waals surface area contributed by atoms with Crippen LogP contribution in [0.2, 0.25) is 0 Å². The predicted octanol–water partition coefficient (Wildman–Crippen LogP) is 0.608. The second-order valence-corrected chi connectivity index (χ2v) is 3.35. The normalized spacial score (nSPS) is 39.2. The van der Waals surface area contributed by atoms with E-state index in [9.17, 15) is 4.79 Å². The highest BCUT2D eigenvalue weighted by Crippen LogP contribution is 2.26. The third-order valence-corrected chi connectivity index (χ3v) is 2.56. The molecule has 0 aromatic heterocycles. The Hall–Kier alpha value is -0.830. The van der Waals surface area contributed by atoms with Crippen LogP contribution in [0.3, 0.4) is 0 Å². The molecule has 1 fully saturated rings. The van der Waals surface area contributed by atoms with Gasteiger partial charge in [0.1, 0.15) is 0 Å². The van der Waals surface area contributed by atoms with Gasteiger partial charge < -0.3 is 10.1 Å². The molecule has 2 aliphatic heterocycles. The largest absolute Gasteiger partial charge is 0.368 e. The maximum Gasteiger partial charge on any atom is 0.207 e. The molecule has 0 aromatic carbocycles. The lowest BCUT2D eigenvalue weighted by Gasteiger charge is -2.37. The van der Waals surface area contributed by atoms with Gasteiger partial charge in [-0.15, -0.1) is 0 Å². The second kappa shape index (κ2) is 3.27. The molecule has 0 aromatic rings. The van der Waals surface area contributed by atoms with Gasteiger partial charge in [0.25, 0.3) is 0 Å². The van der Waals surface area contributed by atoms with Crippen LogP contribution < -0.4 is 5.32 Å². The first kappa shape index (κ1) is 7.80. The summed E-state index contributed by atoms with van der Waals surface area (Å²) in [6.07, 6.45) is 8.55. The molecule has 3 heteroatoms. The number of fused-ring (bicyclic) bond motifs is 2. The van der Waals surface area contributed by atoms with Crippen LogP contribution in [0.4, 0.5) is 0 Å². The van der Waals surface area contributed by atoms with Crippen molar-refractivity contribution in [2.75, 3.05) is 0 Å². The van der Waals surface area contributed by atoms with Crippen molar-refractivity contribution in [2.24, 2.45) is 0 Å². The van der Waals surface area contributed by atoms with Crippen LogP contribution in [-0.4, -0.2) is 24.7 Å². The third kappa shape index (κ3) is 1.37. The number of nitrogens with one attached hydrogen (secondary N) is 1. The van der Waals surface area contributed by atoms with Gasteiger partial charge in [-0.3, -0.25) is 4.79 Å². The first-order valence-electron chi connectivity index (χ1n) is 4.42. The van der Waals surface area contributed by atoms with E-state index in [1.54, 1.807) is 0 Å². The number of rotatable bonds is 2. The Morgan fingerprint density at radius 3 is 3.25 bits per heavy atom. The number of carbonyl (C=O) groups excluding carboxylic acids is 1. The standard InChI is InChI=1S/C9H13NO2/c11-6-10-8-5-4-7-2-1-3-9(8)12-7/h1-2,6-9H,3-5H2,(H,10,11). The van der Waals surface area contributed by atoms with Gasteiger partial charge in [0.05, 0.1) is 18.2 Å². The van der Waals surface area contributed by atoms with Crippen molar-refractivity contribution in [3.8, 4) is 0 Å². The topological polar surface area (TPSA) is 38.3 Å². The van der Waals surface area contributed by atoms with Gasteiger partial charge in [-0.2, -0.15) is 0 Å². The van der Waals surface area contributed by atoms with Gasteiger partial charge in [-0.05, 0) is 19.3 Å². The van der Waals surface area contributed by atoms with Crippen LogP contribution in [0.15, 0.2) is 12.2 Å². The highest BCUT2D eigenvalue weighted by molar-refractivity contribution is 5.47. The van der Waals surface area contributed by atoms with Crippen LogP contribution in [0, 0.1) is 0 Å². The van der Waals surface area contributed by atoms with Crippen molar-refractivity contribution in [3.63, 3.8) is 0 Å². The summed E-state index contributed by atoms with van der Waals surface area (Å²) in [6, 6.07) is 0.226. The SMILES string of the molecule is O=CNC1CCC2C=CCC1O2. The van der Waals surface area contributed by atoms with Crippen molar-refractivity contribution >= 4 is 6.41 Å². The molecular weight excluding hydrogens is 154 g/mol. The Kier molecular flexibility index (Phi) is 2.13. The van der Waals surface area contributed by atoms with E-state index >= 15 is 0 Å². The lowest BCUT2D eigenvalue weighted by molar-refractivity contribution is -0.113. The Morgan fingerprint density at radius 1 is 1.50 bits per heavy atom. The van der Waals surface area contributed by atoms with E-state index in [0.717, 1.165) is 25.7 Å². The molecule has 1 N–H and O–H groups in total. The number of carbonyl (C=O) groups is 1. The van der Waals surface area contributed by atoms with Gasteiger partial charge >= 0.3 is 0 Å². The number of amides is 1. The Balaban J connectivity index is 2.01. The molecular formula is C9H13NO2. The summed E-state index contributed by atoms with van der Waals surface area (Å²) < 4.78 is 5.68. The summed E-state index contributed by atoms with van der Waals surface area (Å²) in [7, 11) is 0. The first-order chi connectivity index (χ1) is 5.90. The zero-order valence-electron chi connectivity index (χ0n) is 6.90. The molecule has 3 atom stereocenters. The quantitative estimate of drug-likeness (QED) is 0.483. The number of hydrogen-bond acceptors (Lipinski definition) is 2. The fourth-order valence-electron chi connectivity index (χ4n) is 1.92. The van der Waals surface area contributed by atoms with E-state index in [1.807, 2.05) is 0 Å². The summed E-state index contributed by atoms with van der Waals surface area (Å²) in [5.74, 6) is 0. The van der Waals surface area contributed by atoms with Crippen molar-refractivity contribution in [1.82, 2.24) is 5.32 Å². The minimum Gasteiger partial charge on any atom is -0.368 e. The molecule has 66 valence electrons. The molecule has 1 amide bonds. The van der Waals surface area contributed by atoms with E-state index in [4.69, 9.17) is 4.74 Å². The maximum absolute atomic E-state index is 10.2. The molecule has 0 radical (unpaired) electrons. The fraction of sp³-hybridized carbons (Fsp3) is 0.667. The van der Waals surface area contributed by atoms with E-state index in [-0.39, 0.29) is 12.1 Å². The molecule has 2 aliphatic rings. The average Bonchev–Trinajstić information content (AvgIpc) is 2.11. The van der Waals surface area contributed by atoms with Crippen LogP contribution in [-0.2, 0) is 9.53 Å². The van der Waals surface area contributed by atoms with E-state index in [2.05, 4.69) is 17.5 Å². The second-order valence-electron chi connectivity index (χ2n) is 3.35. The van der Waals surface area contributed by atoms with Gasteiger partial charge in [0.15, 0.2) is 0 Å². The molecule has 0 aliphatic carbocycles. The maximum atomic E-state index is 10.2. The fourth-order valence-corrected chi connectivity index (χ4v) is 1.92. The predicted molar refractivity (Wildman–Crippen MR) is 44.6 cm³/mol. The highest BCUT2D eigenvalue weighted by Gasteiger charge is 2.31. The summed E-state index contributed by atoms with van der Waals surface area (Å²) in [5, 5.41) is 2.80. The van der Waals surface area contributed by atoms with Crippen LogP contribution in [0.25, 0.3) is 0 Å². The monoisotopic (exact) mass is 167 g/mol. The number of ether oxygens (including phenoxy) is 1. The van der Waals surface area contributed by atoms with E-state index < -0.39 is 0 Å². The zero-order valence-corrected chi connectivity index (χ0v) is 6.90. The minimum atomic E-state index is 0.207. The number of hydrogen-bond donors (Lipinski definition) is 1. The van der Waals surface area contributed by atoms with Crippen molar-refractivity contribution in [2.45, 2.75) is 37.5 Å². The zero-order chi connectivity index (χ0) is 8.39. The molecule has 0 saturated carbocycles. The Bertz CT molecular complexity index is 203. The Morgan fingerprint density at radius 2 is 2.42 bits per heavy atom. The van der Waals surface area contributed by atoms with Crippen molar-refractivity contribution < 1.29 is 9.53 Å². The van der Waals surface area contributed by atoms with Crippen LogP contribution >= 0.6 is 0 Å². The smallest absolute Gasteiger partial charge is 0.207 e. The van der Waals surface area contributed by atoms with Crippen molar-refractivity contribution in [1.29, 1.82) is 0 Å². The van der Waals surface area contributed by atoms with Crippen molar-refractivity contribution in [3.05, 3.63) is 12.2 Å². The third-order valence-electron chi connectivity index (χ3n) is 2.56. The average molecular weight is 167 g/mol. The molecule has 12 heavy (non-hydrogen) atoms. The van der Waals surface area contributed by atoms with E-state index in [0.29, 0.717) is 6.10 Å². The highest BCUT2D eigenvalue weighted by atomic mass is 16.5. The molecule has 1 saturated heterocycles. The molecule has 2 rings (SSSR count). The minimum absolute atomic E-state index is 0.207. The lowest BCUT2D eigenvalue weighted by atomic mass is 9.93. The Labute approximate surface area is 71.8 Å². The molecule has 2 bridgehead atoms. The summed E-state index contributed by atoms with van der Waals surface area (Å²) in [4.78, 5) is 10.2. The summed E-state index contributed by atoms with van der Waals surface area (Å²) in [6.45, 7) is 0. The molecule has 3 nitrogen and oxygen atoms in total. The summed E-state index contributed by atoms with van der Waals surface area (Å²) >= 11 is 0. The van der Waals surface area contributed by atoms with Gasteiger partial charge in [0, 0.05) is 0 Å². The molecule has 2 heterocycles. The van der Waals surface area contributed by atoms with E-state index in [1.165, 1.54) is 0 Å². The van der Waals surface area contributed by atoms with Crippen LogP contribution in [0.1, 0.15) is 19.3 Å². The molecule has 3 unspecified atom stereocenters. The van der Waals surface area contributed by atoms with Gasteiger partial charge in [-0.25, -0.2) is 0 Å². The first-order valence-corrected chi connectivity index (χ1v) is 4.42. The van der Waals surface area contributed by atoms with Gasteiger partial charge in [0.2, 0.25) is 6.41 Å². The lowest BCUT2D eigenvalue weighted by Crippen LogP contribution is -2.47. The molecule has 0 spiro atoms. The van der Waals surface area contributed by atoms with Crippen LogP contribution in [0.5, 0.6) is 0 Å².